The molecular formula is C14H16FN3O3S2. The van der Waals surface area contributed by atoms with Crippen LogP contribution < -0.4 is 10.0 Å². The van der Waals surface area contributed by atoms with Gasteiger partial charge in [0.2, 0.25) is 15.9 Å². The lowest BCUT2D eigenvalue weighted by atomic mass is 10.4. The number of carbonyl (C=O) groups is 1. The van der Waals surface area contributed by atoms with Crippen molar-refractivity contribution >= 4 is 27.3 Å². The standard InChI is InChI=1S/C14H16FN3O3S2/c1-10-18-12(9-22-10)8-16-14(19)6-7-17-23(20,21)13-4-2-11(15)3-5-13/h2-5,9,17H,6-8H2,1H3,(H,16,19). The quantitative estimate of drug-likeness (QED) is 0.787. The number of nitrogens with zero attached hydrogens (tertiary/aromatic N) is 1. The normalized spacial score (nSPS) is 11.4. The first-order chi connectivity index (χ1) is 10.9. The lowest BCUT2D eigenvalue weighted by Gasteiger charge is -2.07. The van der Waals surface area contributed by atoms with Crippen LogP contribution in [0.4, 0.5) is 4.39 Å². The van der Waals surface area contributed by atoms with E-state index in [0.717, 1.165) is 22.8 Å². The van der Waals surface area contributed by atoms with E-state index in [1.165, 1.54) is 23.5 Å². The maximum atomic E-state index is 12.8. The summed E-state index contributed by atoms with van der Waals surface area (Å²) in [6.45, 7) is 2.15. The van der Waals surface area contributed by atoms with Crippen LogP contribution in [0, 0.1) is 12.7 Å². The zero-order chi connectivity index (χ0) is 16.9. The molecule has 2 rings (SSSR count). The average molecular weight is 357 g/mol. The second-order valence-electron chi connectivity index (χ2n) is 4.74. The molecule has 0 saturated carbocycles. The molecule has 0 aliphatic carbocycles. The predicted octanol–water partition coefficient (Wildman–Crippen LogP) is 1.58. The maximum absolute atomic E-state index is 12.8. The van der Waals surface area contributed by atoms with E-state index in [1.807, 2.05) is 12.3 Å². The van der Waals surface area contributed by atoms with Gasteiger partial charge in [-0.25, -0.2) is 22.5 Å². The van der Waals surface area contributed by atoms with Crippen LogP contribution in [0.1, 0.15) is 17.1 Å². The number of aryl methyl sites for hydroxylation is 1. The highest BCUT2D eigenvalue weighted by Crippen LogP contribution is 2.09. The molecule has 1 aromatic carbocycles. The number of amides is 1. The molecule has 0 spiro atoms. The molecule has 6 nitrogen and oxygen atoms in total. The van der Waals surface area contributed by atoms with Gasteiger partial charge in [-0.2, -0.15) is 0 Å². The molecule has 2 N–H and O–H groups in total. The summed E-state index contributed by atoms with van der Waals surface area (Å²) in [4.78, 5) is 15.8. The smallest absolute Gasteiger partial charge is 0.240 e. The van der Waals surface area contributed by atoms with E-state index >= 15 is 0 Å². The third kappa shape index (κ3) is 5.38. The maximum Gasteiger partial charge on any atom is 0.240 e. The van der Waals surface area contributed by atoms with E-state index in [-0.39, 0.29) is 23.8 Å². The fraction of sp³-hybridized carbons (Fsp3) is 0.286. The van der Waals surface area contributed by atoms with Gasteiger partial charge >= 0.3 is 0 Å². The molecule has 0 saturated heterocycles. The van der Waals surface area contributed by atoms with Gasteiger partial charge in [0.1, 0.15) is 5.82 Å². The molecule has 1 heterocycles. The van der Waals surface area contributed by atoms with Gasteiger partial charge in [-0.15, -0.1) is 11.3 Å². The number of carbonyl (C=O) groups excluding carboxylic acids is 1. The number of aromatic nitrogens is 1. The third-order valence-corrected chi connectivity index (χ3v) is 5.20. The predicted molar refractivity (Wildman–Crippen MR) is 84.9 cm³/mol. The minimum absolute atomic E-state index is 0.00352. The summed E-state index contributed by atoms with van der Waals surface area (Å²) in [7, 11) is -3.74. The Morgan fingerprint density at radius 1 is 1.30 bits per heavy atom. The Morgan fingerprint density at radius 3 is 2.61 bits per heavy atom. The topological polar surface area (TPSA) is 88.2 Å². The van der Waals surface area contributed by atoms with E-state index in [0.29, 0.717) is 6.54 Å². The van der Waals surface area contributed by atoms with Gasteiger partial charge in [-0.3, -0.25) is 4.79 Å². The highest BCUT2D eigenvalue weighted by Gasteiger charge is 2.14. The van der Waals surface area contributed by atoms with Gasteiger partial charge in [-0.05, 0) is 31.2 Å². The summed E-state index contributed by atoms with van der Waals surface area (Å²) in [5.74, 6) is -0.793. The number of rotatable bonds is 7. The molecule has 1 aromatic heterocycles. The van der Waals surface area contributed by atoms with Crippen molar-refractivity contribution in [2.75, 3.05) is 6.54 Å². The fourth-order valence-corrected chi connectivity index (χ4v) is 3.41. The molecule has 0 aliphatic rings. The van der Waals surface area contributed by atoms with Crippen LogP contribution in [0.15, 0.2) is 34.5 Å². The molecule has 0 fully saturated rings. The van der Waals surface area contributed by atoms with Gasteiger partial charge < -0.3 is 5.32 Å². The monoisotopic (exact) mass is 357 g/mol. The molecule has 124 valence electrons. The van der Waals surface area contributed by atoms with Crippen LogP contribution in [0.5, 0.6) is 0 Å². The summed E-state index contributed by atoms with van der Waals surface area (Å²) in [6, 6.07) is 4.47. The van der Waals surface area contributed by atoms with Crippen molar-refractivity contribution < 1.29 is 17.6 Å². The first-order valence-corrected chi connectivity index (χ1v) is 9.16. The zero-order valence-corrected chi connectivity index (χ0v) is 14.0. The van der Waals surface area contributed by atoms with Crippen molar-refractivity contribution in [3.63, 3.8) is 0 Å². The number of sulfonamides is 1. The molecule has 0 bridgehead atoms. The number of hydrogen-bond acceptors (Lipinski definition) is 5. The summed E-state index contributed by atoms with van der Waals surface area (Å²) < 4.78 is 39.0. The Morgan fingerprint density at radius 2 is 2.00 bits per heavy atom. The molecule has 0 radical (unpaired) electrons. The minimum atomic E-state index is -3.74. The highest BCUT2D eigenvalue weighted by molar-refractivity contribution is 7.89. The van der Waals surface area contributed by atoms with E-state index in [2.05, 4.69) is 15.0 Å². The Hall–Kier alpha value is -1.84. The third-order valence-electron chi connectivity index (χ3n) is 2.90. The first-order valence-electron chi connectivity index (χ1n) is 6.80. The SMILES string of the molecule is Cc1nc(CNC(=O)CCNS(=O)(=O)c2ccc(F)cc2)cs1. The van der Waals surface area contributed by atoms with Gasteiger partial charge in [0, 0.05) is 18.3 Å². The lowest BCUT2D eigenvalue weighted by Crippen LogP contribution is -2.30. The Labute approximate surface area is 137 Å². The van der Waals surface area contributed by atoms with Gasteiger partial charge in [-0.1, -0.05) is 0 Å². The van der Waals surface area contributed by atoms with Crippen LogP contribution in [0.2, 0.25) is 0 Å². The summed E-state index contributed by atoms with van der Waals surface area (Å²) in [5, 5.41) is 5.44. The van der Waals surface area contributed by atoms with Gasteiger partial charge in [0.15, 0.2) is 0 Å². The van der Waals surface area contributed by atoms with E-state index < -0.39 is 15.8 Å². The number of halogens is 1. The van der Waals surface area contributed by atoms with E-state index in [4.69, 9.17) is 0 Å². The number of thiazole rings is 1. The summed E-state index contributed by atoms with van der Waals surface area (Å²) >= 11 is 1.50. The van der Waals surface area contributed by atoms with Crippen molar-refractivity contribution in [1.82, 2.24) is 15.0 Å². The van der Waals surface area contributed by atoms with Crippen LogP contribution in [0.25, 0.3) is 0 Å². The molecule has 0 aliphatic heterocycles. The second-order valence-corrected chi connectivity index (χ2v) is 7.57. The van der Waals surface area contributed by atoms with Crippen LogP contribution in [-0.4, -0.2) is 25.9 Å². The number of hydrogen-bond donors (Lipinski definition) is 2. The van der Waals surface area contributed by atoms with Crippen molar-refractivity contribution in [3.8, 4) is 0 Å². The second kappa shape index (κ2) is 7.62. The molecule has 2 aromatic rings. The summed E-state index contributed by atoms with van der Waals surface area (Å²) in [5.41, 5.74) is 0.771. The average Bonchev–Trinajstić information content (AvgIpc) is 2.91. The summed E-state index contributed by atoms with van der Waals surface area (Å²) in [6.07, 6.45) is 0.00352. The van der Waals surface area contributed by atoms with Gasteiger partial charge in [0.05, 0.1) is 22.1 Å². The lowest BCUT2D eigenvalue weighted by molar-refractivity contribution is -0.121. The zero-order valence-electron chi connectivity index (χ0n) is 12.4. The molecule has 9 heteroatoms. The molecular weight excluding hydrogens is 341 g/mol. The Balaban J connectivity index is 1.77. The molecule has 0 unspecified atom stereocenters. The van der Waals surface area contributed by atoms with Crippen LogP contribution >= 0.6 is 11.3 Å². The van der Waals surface area contributed by atoms with Crippen molar-refractivity contribution in [2.45, 2.75) is 24.8 Å². The first kappa shape index (κ1) is 17.5. The Kier molecular flexibility index (Phi) is 5.80. The number of benzene rings is 1. The number of nitrogens with one attached hydrogen (secondary N) is 2. The van der Waals surface area contributed by atoms with E-state index in [1.54, 1.807) is 0 Å². The Bertz CT molecular complexity index is 773. The highest BCUT2D eigenvalue weighted by atomic mass is 32.2. The molecule has 1 amide bonds. The largest absolute Gasteiger partial charge is 0.350 e. The van der Waals surface area contributed by atoms with Crippen LogP contribution in [-0.2, 0) is 21.4 Å². The minimum Gasteiger partial charge on any atom is -0.350 e. The molecule has 0 atom stereocenters. The van der Waals surface area contributed by atoms with Crippen molar-refractivity contribution in [3.05, 3.63) is 46.2 Å². The van der Waals surface area contributed by atoms with Gasteiger partial charge in [0.25, 0.3) is 0 Å². The fourth-order valence-electron chi connectivity index (χ4n) is 1.76. The van der Waals surface area contributed by atoms with Crippen molar-refractivity contribution in [1.29, 1.82) is 0 Å². The van der Waals surface area contributed by atoms with Crippen LogP contribution in [0.3, 0.4) is 0 Å². The molecule has 23 heavy (non-hydrogen) atoms. The van der Waals surface area contributed by atoms with Crippen molar-refractivity contribution in [2.24, 2.45) is 0 Å². The van der Waals surface area contributed by atoms with E-state index in [9.17, 15) is 17.6 Å².